The van der Waals surface area contributed by atoms with E-state index in [1.807, 2.05) is 24.3 Å². The second kappa shape index (κ2) is 7.21. The first kappa shape index (κ1) is 15.5. The molecule has 1 aromatic heterocycles. The molecule has 1 heterocycles. The molecular formula is C14H16N4O4. The predicted octanol–water partition coefficient (Wildman–Crippen LogP) is 1.16. The van der Waals surface area contributed by atoms with E-state index in [9.17, 15) is 14.9 Å². The molecule has 0 unspecified atom stereocenters. The standard InChI is InChI=1S/C14H16N4O4/c1-22-12-4-2-3-11(9-12)5-7-15-14(19)10-17-8-6-13(16-17)18(20)21/h2-4,6,8-9H,5,7,10H2,1H3,(H,15,19). The maximum absolute atomic E-state index is 11.7. The average molecular weight is 304 g/mol. The van der Waals surface area contributed by atoms with Crippen molar-refractivity contribution in [3.8, 4) is 5.75 Å². The van der Waals surface area contributed by atoms with Crippen LogP contribution in [0.4, 0.5) is 5.82 Å². The van der Waals surface area contributed by atoms with Gasteiger partial charge >= 0.3 is 5.82 Å². The van der Waals surface area contributed by atoms with Crippen molar-refractivity contribution >= 4 is 11.7 Å². The molecule has 0 saturated carbocycles. The van der Waals surface area contributed by atoms with Crippen LogP contribution < -0.4 is 10.1 Å². The van der Waals surface area contributed by atoms with Crippen molar-refractivity contribution in [2.24, 2.45) is 0 Å². The van der Waals surface area contributed by atoms with Crippen molar-refractivity contribution in [2.45, 2.75) is 13.0 Å². The Morgan fingerprint density at radius 2 is 2.27 bits per heavy atom. The molecule has 0 spiro atoms. The topological polar surface area (TPSA) is 99.3 Å². The number of hydrogen-bond acceptors (Lipinski definition) is 5. The molecule has 1 amide bonds. The van der Waals surface area contributed by atoms with Gasteiger partial charge in [-0.15, -0.1) is 0 Å². The number of ether oxygens (including phenoxy) is 1. The summed E-state index contributed by atoms with van der Waals surface area (Å²) in [4.78, 5) is 21.6. The SMILES string of the molecule is COc1cccc(CCNC(=O)Cn2ccc([N+](=O)[O-])n2)c1. The number of rotatable bonds is 7. The maximum atomic E-state index is 11.7. The summed E-state index contributed by atoms with van der Waals surface area (Å²) >= 11 is 0. The summed E-state index contributed by atoms with van der Waals surface area (Å²) < 4.78 is 6.36. The average Bonchev–Trinajstić information content (AvgIpc) is 2.96. The minimum Gasteiger partial charge on any atom is -0.497 e. The summed E-state index contributed by atoms with van der Waals surface area (Å²) in [7, 11) is 1.60. The van der Waals surface area contributed by atoms with Crippen molar-refractivity contribution in [1.82, 2.24) is 15.1 Å². The summed E-state index contributed by atoms with van der Waals surface area (Å²) in [5, 5.41) is 16.9. The summed E-state index contributed by atoms with van der Waals surface area (Å²) in [6, 6.07) is 8.85. The van der Waals surface area contributed by atoms with E-state index in [4.69, 9.17) is 4.74 Å². The highest BCUT2D eigenvalue weighted by molar-refractivity contribution is 5.75. The van der Waals surface area contributed by atoms with Crippen LogP contribution in [0.2, 0.25) is 0 Å². The predicted molar refractivity (Wildman–Crippen MR) is 78.6 cm³/mol. The van der Waals surface area contributed by atoms with E-state index in [1.54, 1.807) is 7.11 Å². The first-order chi connectivity index (χ1) is 10.6. The first-order valence-corrected chi connectivity index (χ1v) is 6.66. The Morgan fingerprint density at radius 3 is 2.95 bits per heavy atom. The number of nitrogens with one attached hydrogen (secondary N) is 1. The first-order valence-electron chi connectivity index (χ1n) is 6.66. The van der Waals surface area contributed by atoms with E-state index in [0.717, 1.165) is 11.3 Å². The Morgan fingerprint density at radius 1 is 1.45 bits per heavy atom. The molecule has 0 aliphatic rings. The summed E-state index contributed by atoms with van der Waals surface area (Å²) in [6.07, 6.45) is 2.07. The molecule has 2 rings (SSSR count). The fourth-order valence-corrected chi connectivity index (χ4v) is 1.91. The monoisotopic (exact) mass is 304 g/mol. The van der Waals surface area contributed by atoms with E-state index >= 15 is 0 Å². The van der Waals surface area contributed by atoms with Crippen LogP contribution in [0.25, 0.3) is 0 Å². The number of methoxy groups -OCH3 is 1. The minimum atomic E-state index is -0.600. The van der Waals surface area contributed by atoms with Gasteiger partial charge in [0.05, 0.1) is 24.5 Å². The summed E-state index contributed by atoms with van der Waals surface area (Å²) in [6.45, 7) is 0.418. The molecule has 0 saturated heterocycles. The number of benzene rings is 1. The van der Waals surface area contributed by atoms with Crippen LogP contribution in [-0.4, -0.2) is 34.3 Å². The molecule has 0 bridgehead atoms. The minimum absolute atomic E-state index is 0.0497. The maximum Gasteiger partial charge on any atom is 0.389 e. The van der Waals surface area contributed by atoms with Crippen LogP contribution in [0.5, 0.6) is 5.75 Å². The molecule has 0 atom stereocenters. The van der Waals surface area contributed by atoms with Gasteiger partial charge in [-0.1, -0.05) is 12.1 Å². The third-order valence-corrected chi connectivity index (χ3v) is 2.99. The number of amides is 1. The largest absolute Gasteiger partial charge is 0.497 e. The smallest absolute Gasteiger partial charge is 0.389 e. The number of hydrogen-bond donors (Lipinski definition) is 1. The van der Waals surface area contributed by atoms with Crippen LogP contribution in [0.15, 0.2) is 36.5 Å². The highest BCUT2D eigenvalue weighted by Gasteiger charge is 2.12. The normalized spacial score (nSPS) is 10.2. The molecular weight excluding hydrogens is 288 g/mol. The van der Waals surface area contributed by atoms with Crippen LogP contribution in [-0.2, 0) is 17.8 Å². The van der Waals surface area contributed by atoms with Gasteiger partial charge in [0.1, 0.15) is 12.3 Å². The van der Waals surface area contributed by atoms with Gasteiger partial charge in [-0.05, 0) is 29.0 Å². The fraction of sp³-hybridized carbons (Fsp3) is 0.286. The molecule has 116 valence electrons. The van der Waals surface area contributed by atoms with Gasteiger partial charge in [0.15, 0.2) is 0 Å². The lowest BCUT2D eigenvalue weighted by Gasteiger charge is -2.06. The summed E-state index contributed by atoms with van der Waals surface area (Å²) in [5.74, 6) is 0.248. The highest BCUT2D eigenvalue weighted by atomic mass is 16.6. The quantitative estimate of drug-likeness (QED) is 0.611. The lowest BCUT2D eigenvalue weighted by molar-refractivity contribution is -0.389. The molecule has 2 aromatic rings. The highest BCUT2D eigenvalue weighted by Crippen LogP contribution is 2.12. The van der Waals surface area contributed by atoms with Gasteiger partial charge in [-0.3, -0.25) is 4.79 Å². The lowest BCUT2D eigenvalue weighted by atomic mass is 10.1. The Balaban J connectivity index is 1.78. The molecule has 22 heavy (non-hydrogen) atoms. The number of aromatic nitrogens is 2. The third-order valence-electron chi connectivity index (χ3n) is 2.99. The number of nitrogens with zero attached hydrogens (tertiary/aromatic N) is 3. The lowest BCUT2D eigenvalue weighted by Crippen LogP contribution is -2.29. The third kappa shape index (κ3) is 4.30. The molecule has 0 aliphatic heterocycles. The Kier molecular flexibility index (Phi) is 5.07. The van der Waals surface area contributed by atoms with Crippen molar-refractivity contribution < 1.29 is 14.5 Å². The number of carbonyl (C=O) groups is 1. The Bertz CT molecular complexity index is 668. The van der Waals surface area contributed by atoms with Crippen LogP contribution in [0.1, 0.15) is 5.56 Å². The Labute approximate surface area is 126 Å². The number of carbonyl (C=O) groups excluding carboxylic acids is 1. The van der Waals surface area contributed by atoms with Crippen LogP contribution >= 0.6 is 0 Å². The van der Waals surface area contributed by atoms with E-state index in [2.05, 4.69) is 10.4 Å². The molecule has 0 radical (unpaired) electrons. The van der Waals surface area contributed by atoms with Gasteiger partial charge in [0.2, 0.25) is 5.91 Å². The van der Waals surface area contributed by atoms with Crippen LogP contribution in [0.3, 0.4) is 0 Å². The molecule has 0 aliphatic carbocycles. The van der Waals surface area contributed by atoms with E-state index in [1.165, 1.54) is 16.9 Å². The summed E-state index contributed by atoms with van der Waals surface area (Å²) in [5.41, 5.74) is 1.05. The van der Waals surface area contributed by atoms with Crippen LogP contribution in [0, 0.1) is 10.1 Å². The molecule has 0 fully saturated rings. The van der Waals surface area contributed by atoms with Crippen molar-refractivity contribution in [2.75, 3.05) is 13.7 Å². The van der Waals surface area contributed by atoms with Crippen molar-refractivity contribution in [3.63, 3.8) is 0 Å². The molecule has 8 heteroatoms. The molecule has 8 nitrogen and oxygen atoms in total. The second-order valence-corrected chi connectivity index (χ2v) is 4.58. The van der Waals surface area contributed by atoms with Gasteiger partial charge in [-0.2, -0.15) is 4.68 Å². The van der Waals surface area contributed by atoms with Gasteiger partial charge in [0.25, 0.3) is 0 Å². The van der Waals surface area contributed by atoms with E-state index in [0.29, 0.717) is 13.0 Å². The van der Waals surface area contributed by atoms with Gasteiger partial charge in [-0.25, -0.2) is 0 Å². The zero-order valence-electron chi connectivity index (χ0n) is 12.1. The van der Waals surface area contributed by atoms with Gasteiger partial charge in [0, 0.05) is 6.54 Å². The second-order valence-electron chi connectivity index (χ2n) is 4.58. The number of nitro groups is 1. The fourth-order valence-electron chi connectivity index (χ4n) is 1.91. The molecule has 1 aromatic carbocycles. The zero-order chi connectivity index (χ0) is 15.9. The van der Waals surface area contributed by atoms with Gasteiger partial charge < -0.3 is 20.2 Å². The van der Waals surface area contributed by atoms with Crippen molar-refractivity contribution in [3.05, 3.63) is 52.2 Å². The van der Waals surface area contributed by atoms with E-state index < -0.39 is 4.92 Å². The molecule has 1 N–H and O–H groups in total. The van der Waals surface area contributed by atoms with Crippen molar-refractivity contribution in [1.29, 1.82) is 0 Å². The Hall–Kier alpha value is -2.90. The van der Waals surface area contributed by atoms with E-state index in [-0.39, 0.29) is 18.3 Å². The zero-order valence-corrected chi connectivity index (χ0v) is 12.1.